The molecule has 0 amide bonds. The Morgan fingerprint density at radius 2 is 1.60 bits per heavy atom. The van der Waals surface area contributed by atoms with Crippen LogP contribution < -0.4 is 5.73 Å². The van der Waals surface area contributed by atoms with E-state index in [0.29, 0.717) is 5.92 Å². The highest BCUT2D eigenvalue weighted by Crippen LogP contribution is 2.58. The molecule has 1 atom stereocenters. The van der Waals surface area contributed by atoms with Gasteiger partial charge in [0.2, 0.25) is 0 Å². The fraction of sp³-hybridized carbons (Fsp3) is 0.667. The Morgan fingerprint density at radius 3 is 2.15 bits per heavy atom. The Bertz CT molecular complexity index is 476. The number of benzene rings is 1. The van der Waals surface area contributed by atoms with E-state index in [0.717, 1.165) is 34.8 Å². The van der Waals surface area contributed by atoms with Crippen LogP contribution in [0.3, 0.4) is 0 Å². The second kappa shape index (κ2) is 4.56. The Kier molecular flexibility index (Phi) is 2.92. The lowest BCUT2D eigenvalue weighted by atomic mass is 9.50. The summed E-state index contributed by atoms with van der Waals surface area (Å²) in [6.07, 6.45) is 6.96. The molecule has 4 aliphatic rings. The summed E-state index contributed by atoms with van der Waals surface area (Å²) in [4.78, 5) is 0. The lowest BCUT2D eigenvalue weighted by Gasteiger charge is -2.56. The summed E-state index contributed by atoms with van der Waals surface area (Å²) >= 11 is 0. The molecule has 4 aliphatic carbocycles. The van der Waals surface area contributed by atoms with Crippen molar-refractivity contribution in [3.05, 3.63) is 35.1 Å². The fourth-order valence-electron chi connectivity index (χ4n) is 5.73. The molecule has 0 saturated heterocycles. The molecular weight excluding hydrogens is 249 g/mol. The third-order valence-corrected chi connectivity index (χ3v) is 6.16. The van der Waals surface area contributed by atoms with Gasteiger partial charge >= 0.3 is 0 Å². The predicted octanol–water partition coefficient (Wildman–Crippen LogP) is 4.21. The Hall–Kier alpha value is -0.890. The second-order valence-corrected chi connectivity index (χ2v) is 7.60. The van der Waals surface area contributed by atoms with Gasteiger partial charge in [-0.15, -0.1) is 0 Å². The second-order valence-electron chi connectivity index (χ2n) is 7.60. The van der Waals surface area contributed by atoms with Crippen LogP contribution in [0.2, 0.25) is 0 Å². The van der Waals surface area contributed by atoms with E-state index in [1.54, 1.807) is 12.1 Å². The molecule has 0 spiro atoms. The zero-order chi connectivity index (χ0) is 13.9. The Balaban J connectivity index is 1.63. The third kappa shape index (κ3) is 2.00. The van der Waals surface area contributed by atoms with E-state index in [4.69, 9.17) is 5.73 Å². The molecule has 1 unspecified atom stereocenters. The van der Waals surface area contributed by atoms with E-state index < -0.39 is 0 Å². The average Bonchev–Trinajstić information content (AvgIpc) is 2.35. The number of hydrogen-bond acceptors (Lipinski definition) is 1. The van der Waals surface area contributed by atoms with Crippen molar-refractivity contribution >= 4 is 0 Å². The highest BCUT2D eigenvalue weighted by molar-refractivity contribution is 5.27. The van der Waals surface area contributed by atoms with Gasteiger partial charge in [-0.3, -0.25) is 0 Å². The number of nitrogens with two attached hydrogens (primary N) is 1. The molecule has 4 fully saturated rings. The standard InChI is InChI=1S/C18H24FN/c1-10-2-15(9-16(19)3-10)18(20)17-13-5-11-4-12(7-13)8-14(17)6-11/h2-3,9,11-14,17-18H,4-8,20H2,1H3. The van der Waals surface area contributed by atoms with Gasteiger partial charge in [0.1, 0.15) is 5.82 Å². The first-order valence-electron chi connectivity index (χ1n) is 8.13. The van der Waals surface area contributed by atoms with Gasteiger partial charge in [-0.1, -0.05) is 6.07 Å². The largest absolute Gasteiger partial charge is 0.324 e. The topological polar surface area (TPSA) is 26.0 Å². The van der Waals surface area contributed by atoms with Crippen molar-refractivity contribution in [2.45, 2.75) is 45.1 Å². The van der Waals surface area contributed by atoms with Crippen LogP contribution in [-0.2, 0) is 0 Å². The van der Waals surface area contributed by atoms with Crippen molar-refractivity contribution in [1.29, 1.82) is 0 Å². The van der Waals surface area contributed by atoms with Gasteiger partial charge in [0.25, 0.3) is 0 Å². The quantitative estimate of drug-likeness (QED) is 0.858. The van der Waals surface area contributed by atoms with Crippen LogP contribution in [-0.4, -0.2) is 0 Å². The monoisotopic (exact) mass is 273 g/mol. The number of hydrogen-bond donors (Lipinski definition) is 1. The minimum Gasteiger partial charge on any atom is -0.324 e. The first kappa shape index (κ1) is 12.8. The molecule has 2 N–H and O–H groups in total. The van der Waals surface area contributed by atoms with E-state index in [1.165, 1.54) is 32.1 Å². The molecule has 1 aromatic rings. The van der Waals surface area contributed by atoms with E-state index in [1.807, 2.05) is 6.92 Å². The highest BCUT2D eigenvalue weighted by Gasteiger charge is 2.50. The molecule has 4 saturated carbocycles. The van der Waals surface area contributed by atoms with E-state index in [2.05, 4.69) is 6.07 Å². The van der Waals surface area contributed by atoms with Crippen molar-refractivity contribution < 1.29 is 4.39 Å². The molecule has 1 nitrogen and oxygen atoms in total. The van der Waals surface area contributed by atoms with Gasteiger partial charge in [-0.05, 0) is 91.9 Å². The van der Waals surface area contributed by atoms with E-state index >= 15 is 0 Å². The van der Waals surface area contributed by atoms with Gasteiger partial charge < -0.3 is 5.73 Å². The Morgan fingerprint density at radius 1 is 1.00 bits per heavy atom. The van der Waals surface area contributed by atoms with Crippen LogP contribution in [0.5, 0.6) is 0 Å². The molecule has 0 heterocycles. The minimum atomic E-state index is -0.140. The maximum absolute atomic E-state index is 13.7. The SMILES string of the molecule is Cc1cc(F)cc(C(N)C2C3CC4CC(C3)CC2C4)c1. The van der Waals surface area contributed by atoms with Gasteiger partial charge in [0.05, 0.1) is 0 Å². The molecule has 0 radical (unpaired) electrons. The summed E-state index contributed by atoms with van der Waals surface area (Å²) < 4.78 is 13.7. The summed E-state index contributed by atoms with van der Waals surface area (Å²) in [6.45, 7) is 1.95. The van der Waals surface area contributed by atoms with Crippen LogP contribution >= 0.6 is 0 Å². The van der Waals surface area contributed by atoms with E-state index in [9.17, 15) is 4.39 Å². The van der Waals surface area contributed by atoms with Crippen LogP contribution in [0.25, 0.3) is 0 Å². The maximum atomic E-state index is 13.7. The maximum Gasteiger partial charge on any atom is 0.123 e. The smallest absolute Gasteiger partial charge is 0.123 e. The van der Waals surface area contributed by atoms with Crippen molar-refractivity contribution in [3.63, 3.8) is 0 Å². The summed E-state index contributed by atoms with van der Waals surface area (Å²) in [5.41, 5.74) is 8.59. The molecule has 4 bridgehead atoms. The van der Waals surface area contributed by atoms with Gasteiger partial charge in [0.15, 0.2) is 0 Å². The summed E-state index contributed by atoms with van der Waals surface area (Å²) in [7, 11) is 0. The van der Waals surface area contributed by atoms with Crippen molar-refractivity contribution in [3.8, 4) is 0 Å². The average molecular weight is 273 g/mol. The Labute approximate surface area is 120 Å². The fourth-order valence-corrected chi connectivity index (χ4v) is 5.73. The molecule has 5 rings (SSSR count). The molecule has 2 heteroatoms. The van der Waals surface area contributed by atoms with Crippen LogP contribution in [0.1, 0.15) is 49.3 Å². The lowest BCUT2D eigenvalue weighted by Crippen LogP contribution is -2.48. The predicted molar refractivity (Wildman–Crippen MR) is 78.6 cm³/mol. The zero-order valence-electron chi connectivity index (χ0n) is 12.2. The van der Waals surface area contributed by atoms with Crippen molar-refractivity contribution in [1.82, 2.24) is 0 Å². The normalized spacial score (nSPS) is 40.0. The van der Waals surface area contributed by atoms with Crippen molar-refractivity contribution in [2.75, 3.05) is 0 Å². The number of halogens is 1. The number of aryl methyl sites for hydroxylation is 1. The molecule has 0 aromatic heterocycles. The van der Waals surface area contributed by atoms with Crippen LogP contribution in [0.15, 0.2) is 18.2 Å². The van der Waals surface area contributed by atoms with Crippen LogP contribution in [0, 0.1) is 42.3 Å². The molecule has 1 aromatic carbocycles. The zero-order valence-corrected chi connectivity index (χ0v) is 12.2. The summed E-state index contributed by atoms with van der Waals surface area (Å²) in [5, 5.41) is 0. The summed E-state index contributed by atoms with van der Waals surface area (Å²) in [6, 6.07) is 5.36. The molecule has 108 valence electrons. The highest BCUT2D eigenvalue weighted by atomic mass is 19.1. The lowest BCUT2D eigenvalue weighted by molar-refractivity contribution is -0.0472. The number of rotatable bonds is 2. The third-order valence-electron chi connectivity index (χ3n) is 6.16. The first-order valence-corrected chi connectivity index (χ1v) is 8.13. The van der Waals surface area contributed by atoms with Crippen LogP contribution in [0.4, 0.5) is 4.39 Å². The van der Waals surface area contributed by atoms with Gasteiger partial charge in [-0.25, -0.2) is 4.39 Å². The first-order chi connectivity index (χ1) is 9.60. The summed E-state index contributed by atoms with van der Waals surface area (Å²) in [5.74, 6) is 3.98. The van der Waals surface area contributed by atoms with Gasteiger partial charge in [-0.2, -0.15) is 0 Å². The van der Waals surface area contributed by atoms with Crippen molar-refractivity contribution in [2.24, 2.45) is 35.3 Å². The van der Waals surface area contributed by atoms with E-state index in [-0.39, 0.29) is 11.9 Å². The minimum absolute atomic E-state index is 0.0272. The molecule has 20 heavy (non-hydrogen) atoms. The van der Waals surface area contributed by atoms with Gasteiger partial charge in [0, 0.05) is 6.04 Å². The molecule has 0 aliphatic heterocycles. The molecular formula is C18H24FN.